The van der Waals surface area contributed by atoms with Gasteiger partial charge in [-0.15, -0.1) is 0 Å². The summed E-state index contributed by atoms with van der Waals surface area (Å²) in [7, 11) is 4.01. The number of benzene rings is 10. The largest absolute Gasteiger partial charge is 0.366 e. The van der Waals surface area contributed by atoms with Crippen molar-refractivity contribution in [3.05, 3.63) is 353 Å². The maximum atomic E-state index is 8.87. The van der Waals surface area contributed by atoms with Crippen LogP contribution in [0.1, 0.15) is 291 Å². The van der Waals surface area contributed by atoms with Crippen LogP contribution in [0, 0.1) is 0 Å². The second-order valence-corrected chi connectivity index (χ2v) is 28.4. The summed E-state index contributed by atoms with van der Waals surface area (Å²) in [5, 5.41) is -1.55. The van der Waals surface area contributed by atoms with E-state index in [0.717, 1.165) is 38.8 Å². The molecule has 10 nitrogen and oxygen atoms in total. The molecule has 10 atom stereocenters. The standard InChI is InChI=1S/5C21H26ClNO/c5*1-21(17-7-4-3-5-8-17,18-10-12-19(22)13-11-18)24-16-14-20-9-6-15-23(20)2/h5*3-5,7-8,10-13,20H,6,9,14-16H2,1-2H3/t2*20-,21+;3*20-,21-/m11111/s1/i1D3,14D2;1D3;1D3,2D3,3D,4D,5D,6D2,7D,8D,9D2,10D,11D,12D,13D,14D2,15D2,16D2,20D;1D3,2D3,3D,4D,5D,6D2,7D,8D,9D2,10D,11D,12D,13D,15D2,16D2,20D;1D3,2D3,3D,4D,5D,7D,8D,10D,11D,12D,13D,14D2,16D2. The Hall–Kier alpha value is -6.75. The Morgan fingerprint density at radius 1 is 0.342 bits per heavy atom. The Labute approximate surface area is 852 Å². The number of nitrogens with zero attached hydrogens (tertiary/aromatic N) is 5. The van der Waals surface area contributed by atoms with Crippen LogP contribution in [-0.4, -0.2) is 155 Å². The zero-order valence-corrected chi connectivity index (χ0v) is 67.8. The summed E-state index contributed by atoms with van der Waals surface area (Å²) in [4.78, 5) is 3.49. The van der Waals surface area contributed by atoms with E-state index in [1.165, 1.54) is 6.42 Å². The summed E-state index contributed by atoms with van der Waals surface area (Å²) in [6.07, 6.45) is -23.6. The van der Waals surface area contributed by atoms with Gasteiger partial charge >= 0.3 is 0 Å². The summed E-state index contributed by atoms with van der Waals surface area (Å²) in [5.74, 6) is 0. The first kappa shape index (κ1) is 35.6. The van der Waals surface area contributed by atoms with Crippen LogP contribution in [0.5, 0.6) is 0 Å². The molecule has 0 spiro atoms. The highest BCUT2D eigenvalue weighted by Crippen LogP contribution is 2.41. The van der Waals surface area contributed by atoms with Crippen molar-refractivity contribution < 1.29 is 129 Å². The number of hydrogen-bond acceptors (Lipinski definition) is 10. The van der Waals surface area contributed by atoms with Gasteiger partial charge in [0.25, 0.3) is 0 Å². The fourth-order valence-corrected chi connectivity index (χ4v) is 12.6. The number of halogens is 5. The van der Waals surface area contributed by atoms with Crippen molar-refractivity contribution in [1.29, 1.82) is 0 Å². The zero-order chi connectivity index (χ0) is 152. The lowest BCUT2D eigenvalue weighted by Gasteiger charge is -2.32. The second-order valence-electron chi connectivity index (χ2n) is 26.4. The number of rotatable bonds is 30. The van der Waals surface area contributed by atoms with E-state index in [4.69, 9.17) is 187 Å². The molecule has 0 aliphatic carbocycles. The van der Waals surface area contributed by atoms with Gasteiger partial charge < -0.3 is 48.2 Å². The number of likely N-dealkylation sites (tertiary alicyclic amines) is 5. The molecular formula is C105H130Cl5N5O5. The monoisotopic (exact) mass is 1790 g/mol. The third-order valence-corrected chi connectivity index (χ3v) is 19.6. The first-order chi connectivity index (χ1) is 88.8. The van der Waals surface area contributed by atoms with Crippen LogP contribution in [0.25, 0.3) is 0 Å². The van der Waals surface area contributed by atoms with Gasteiger partial charge in [0, 0.05) is 148 Å². The summed E-state index contributed by atoms with van der Waals surface area (Å²) >= 11 is 29.7. The van der Waals surface area contributed by atoms with E-state index in [2.05, 4.69) is 11.9 Å². The third-order valence-electron chi connectivity index (χ3n) is 18.6. The zero-order valence-electron chi connectivity index (χ0n) is 141. The molecule has 0 unspecified atom stereocenters. The minimum absolute atomic E-state index is 0.113. The molecule has 120 heavy (non-hydrogen) atoms. The number of ether oxygens (including phenoxy) is 5. The average molecular weight is 1800 g/mol. The Morgan fingerprint density at radius 3 is 1.09 bits per heavy atom. The molecule has 640 valence electrons. The average Bonchev–Trinajstić information content (AvgIpc) is 1.48. The molecule has 15 heteroatoms. The van der Waals surface area contributed by atoms with Crippen LogP contribution in [-0.2, 0) is 51.7 Å². The van der Waals surface area contributed by atoms with Crippen LogP contribution in [0.3, 0.4) is 0 Å². The third kappa shape index (κ3) is 26.0. The lowest BCUT2D eigenvalue weighted by atomic mass is 9.88. The maximum Gasteiger partial charge on any atom is 0.115 e. The minimum atomic E-state index is -4.79. The molecule has 5 fully saturated rings. The van der Waals surface area contributed by atoms with E-state index in [-0.39, 0.29) is 32.0 Å². The van der Waals surface area contributed by atoms with Crippen molar-refractivity contribution in [1.82, 2.24) is 24.5 Å². The summed E-state index contributed by atoms with van der Waals surface area (Å²) < 4.78 is 670. The molecule has 0 amide bonds. The van der Waals surface area contributed by atoms with Gasteiger partial charge in [0.1, 0.15) is 28.0 Å². The SMILES string of the molecule is [2H]C([2H])(CO[C@@](c1ccccc1)(c1ccc(Cl)cc1)C([2H])([2H])[2H])[C@H]1CCCN1C.[2H]C([2H])([2H])[C@](OCC[C@H]1CCCN1C)(c1ccccc1)c1ccc(Cl)cc1.[2H]c1c([2H])c([2H])c([C@@](OC([2H])([2H])C([2H])([2H])[C@H]2CCCN2C([2H])([2H])[2H])(c2c([2H])c([2H])c(Cl)c([2H])c2[2H])C([2H])([2H])[2H])c([2H])c1[2H].[2H]c1c([2H])c([2H])c([C@@](OC([2H])([2H])C([2H])([2H])[C@]2([2H])N(C([2H])([2H])[2H])C([2H])([2H])C([2H])([2H])C2([2H])[2H])(c2c([2H])c([2H])c(Cl)c([2H])c2[2H])C([2H])([2H])[2H])c([2H])c1[2H].[2H]c1c([2H])c([2H])c([C@@](OC([2H])([2H])C[C@]2([2H])N(C([2H])([2H])[2H])C([2H])([2H])C([2H])([2H])C2([2H])[2H])(c2c([2H])c([2H])c(Cl)c([2H])c2[2H])C([2H])([2H])[2H])c([2H])c1[2H]. The predicted octanol–water partition coefficient (Wildman–Crippen LogP) is 25.5. The first-order valence-electron chi connectivity index (χ1n) is 75.1. The molecule has 0 radical (unpaired) electrons. The van der Waals surface area contributed by atoms with Crippen LogP contribution < -0.4 is 0 Å². The van der Waals surface area contributed by atoms with Crippen LogP contribution in [0.2, 0.25) is 25.1 Å². The Bertz CT molecular complexity index is 8210. The van der Waals surface area contributed by atoms with Gasteiger partial charge in [0.15, 0.2) is 0 Å². The van der Waals surface area contributed by atoms with E-state index in [0.29, 0.717) is 49.8 Å². The molecule has 5 saturated heterocycles. The molecule has 5 heterocycles. The van der Waals surface area contributed by atoms with Gasteiger partial charge in [-0.1, -0.05) is 270 Å². The van der Waals surface area contributed by atoms with Crippen molar-refractivity contribution in [2.75, 3.05) is 101 Å². The molecule has 10 aromatic rings. The van der Waals surface area contributed by atoms with Gasteiger partial charge in [-0.25, -0.2) is 0 Å². The minimum Gasteiger partial charge on any atom is -0.366 e. The lowest BCUT2D eigenvalue weighted by Crippen LogP contribution is -2.31. The fraction of sp³-hybridized carbons (Fsp3) is 0.429. The van der Waals surface area contributed by atoms with Crippen LogP contribution in [0.15, 0.2) is 272 Å². The predicted molar refractivity (Wildman–Crippen MR) is 503 cm³/mol. The van der Waals surface area contributed by atoms with Crippen molar-refractivity contribution in [3.63, 3.8) is 0 Å². The van der Waals surface area contributed by atoms with Gasteiger partial charge in [0.2, 0.25) is 0 Å². The van der Waals surface area contributed by atoms with E-state index in [9.17, 15) is 0 Å². The molecule has 0 saturated carbocycles. The summed E-state index contributed by atoms with van der Waals surface area (Å²) in [6.45, 7) is -47.1. The molecular weight excluding hydrogens is 1590 g/mol. The first-order valence-corrected chi connectivity index (χ1v) is 38.5. The van der Waals surface area contributed by atoms with Crippen molar-refractivity contribution in [2.45, 2.75) is 188 Å². The highest BCUT2D eigenvalue weighted by Gasteiger charge is 2.37. The molecule has 10 aromatic carbocycles. The second kappa shape index (κ2) is 46.3. The molecule has 5 aliphatic rings. The number of hydrogen-bond donors (Lipinski definition) is 0. The summed E-state index contributed by atoms with van der Waals surface area (Å²) in [6, 6.07) is -12.5. The fourth-order valence-electron chi connectivity index (χ4n) is 12.1. The van der Waals surface area contributed by atoms with Crippen molar-refractivity contribution in [2.24, 2.45) is 0 Å². The molecule has 5 aliphatic heterocycles. The Morgan fingerprint density at radius 2 is 0.683 bits per heavy atom. The Balaban J connectivity index is 0.000000231. The van der Waals surface area contributed by atoms with E-state index >= 15 is 0 Å². The van der Waals surface area contributed by atoms with E-state index in [1.807, 2.05) is 48.3 Å². The smallest absolute Gasteiger partial charge is 0.115 e. The highest BCUT2D eigenvalue weighted by molar-refractivity contribution is 6.31. The molecule has 0 N–H and O–H groups in total. The van der Waals surface area contributed by atoms with Gasteiger partial charge in [-0.05, 0) is 314 Å². The van der Waals surface area contributed by atoms with Crippen LogP contribution in [0.4, 0.5) is 0 Å². The lowest BCUT2D eigenvalue weighted by molar-refractivity contribution is -0.0119. The quantitative estimate of drug-likeness (QED) is 0.0435. The van der Waals surface area contributed by atoms with Gasteiger partial charge in [0.05, 0.1) is 45.2 Å². The topological polar surface area (TPSA) is 62.4 Å². The summed E-state index contributed by atoms with van der Waals surface area (Å²) in [5.41, 5.74) is -22.1. The molecule has 15 rings (SSSR count). The van der Waals surface area contributed by atoms with Gasteiger partial charge in [-0.2, -0.15) is 0 Å². The van der Waals surface area contributed by atoms with Crippen molar-refractivity contribution >= 4 is 58.0 Å². The van der Waals surface area contributed by atoms with E-state index in [1.54, 1.807) is 72.8 Å². The Kier molecular flexibility index (Phi) is 13.7. The maximum absolute atomic E-state index is 8.87. The molecule has 0 bridgehead atoms. The highest BCUT2D eigenvalue weighted by atomic mass is 35.5. The van der Waals surface area contributed by atoms with Crippen LogP contribution >= 0.6 is 58.0 Å². The normalized spacial score (nSPS) is 35.5. The van der Waals surface area contributed by atoms with E-state index < -0.39 is 406 Å². The van der Waals surface area contributed by atoms with Gasteiger partial charge in [-0.3, -0.25) is 0 Å². The van der Waals surface area contributed by atoms with Crippen molar-refractivity contribution in [3.8, 4) is 0 Å². The molecule has 0 aromatic heterocycles.